The maximum absolute atomic E-state index is 12.0. The lowest BCUT2D eigenvalue weighted by Gasteiger charge is -2.25. The number of carbonyl (C=O) groups is 2. The molecule has 1 aromatic rings. The largest absolute Gasteiger partial charge is 0.481 e. The standard InChI is InChI=1S/C17H24O4/c1-12(16(20)21-17(2,3)4)14(15(18)19)11-10-13-8-6-5-7-9-13/h5-9,12,14H,10-11H2,1-4H3,(H,18,19). The van der Waals surface area contributed by atoms with E-state index in [1.807, 2.05) is 30.3 Å². The monoisotopic (exact) mass is 292 g/mol. The molecule has 0 radical (unpaired) electrons. The molecule has 1 aromatic carbocycles. The van der Waals surface area contributed by atoms with Crippen molar-refractivity contribution in [2.75, 3.05) is 0 Å². The molecule has 0 aliphatic rings. The second kappa shape index (κ2) is 7.25. The molecule has 21 heavy (non-hydrogen) atoms. The highest BCUT2D eigenvalue weighted by atomic mass is 16.6. The summed E-state index contributed by atoms with van der Waals surface area (Å²) in [5.41, 5.74) is 0.466. The topological polar surface area (TPSA) is 63.6 Å². The van der Waals surface area contributed by atoms with Gasteiger partial charge >= 0.3 is 11.9 Å². The second-order valence-electron chi connectivity index (χ2n) is 6.29. The summed E-state index contributed by atoms with van der Waals surface area (Å²) in [6.45, 7) is 6.95. The molecule has 1 rings (SSSR count). The summed E-state index contributed by atoms with van der Waals surface area (Å²) >= 11 is 0. The van der Waals surface area contributed by atoms with Gasteiger partial charge in [-0.15, -0.1) is 0 Å². The normalized spacial score (nSPS) is 14.3. The molecule has 0 aliphatic carbocycles. The Morgan fingerprint density at radius 2 is 1.76 bits per heavy atom. The molecular weight excluding hydrogens is 268 g/mol. The van der Waals surface area contributed by atoms with Gasteiger partial charge in [-0.25, -0.2) is 0 Å². The molecule has 0 spiro atoms. The van der Waals surface area contributed by atoms with Crippen LogP contribution in [0.3, 0.4) is 0 Å². The van der Waals surface area contributed by atoms with Gasteiger partial charge in [0.1, 0.15) is 5.60 Å². The Bertz CT molecular complexity index is 473. The Balaban J connectivity index is 2.68. The van der Waals surface area contributed by atoms with Crippen LogP contribution in [0.4, 0.5) is 0 Å². The molecule has 0 aliphatic heterocycles. The van der Waals surface area contributed by atoms with E-state index in [0.29, 0.717) is 12.8 Å². The summed E-state index contributed by atoms with van der Waals surface area (Å²) in [7, 11) is 0. The van der Waals surface area contributed by atoms with Gasteiger partial charge in [0, 0.05) is 0 Å². The van der Waals surface area contributed by atoms with E-state index in [4.69, 9.17) is 4.74 Å². The van der Waals surface area contributed by atoms with Crippen LogP contribution in [0.1, 0.15) is 39.7 Å². The van der Waals surface area contributed by atoms with Gasteiger partial charge < -0.3 is 9.84 Å². The van der Waals surface area contributed by atoms with E-state index in [9.17, 15) is 14.7 Å². The van der Waals surface area contributed by atoms with Gasteiger partial charge in [0.25, 0.3) is 0 Å². The van der Waals surface area contributed by atoms with Gasteiger partial charge in [0.2, 0.25) is 0 Å². The zero-order chi connectivity index (χ0) is 16.0. The molecule has 116 valence electrons. The van der Waals surface area contributed by atoms with Crippen LogP contribution in [0.5, 0.6) is 0 Å². The van der Waals surface area contributed by atoms with Crippen molar-refractivity contribution < 1.29 is 19.4 Å². The average Bonchev–Trinajstić information content (AvgIpc) is 2.37. The molecule has 4 nitrogen and oxygen atoms in total. The van der Waals surface area contributed by atoms with E-state index < -0.39 is 29.4 Å². The van der Waals surface area contributed by atoms with Crippen molar-refractivity contribution in [1.82, 2.24) is 0 Å². The van der Waals surface area contributed by atoms with Crippen LogP contribution in [0.15, 0.2) is 30.3 Å². The lowest BCUT2D eigenvalue weighted by atomic mass is 9.88. The predicted molar refractivity (Wildman–Crippen MR) is 80.9 cm³/mol. The highest BCUT2D eigenvalue weighted by Crippen LogP contribution is 2.22. The van der Waals surface area contributed by atoms with Crippen LogP contribution in [-0.4, -0.2) is 22.6 Å². The number of hydrogen-bond acceptors (Lipinski definition) is 3. The molecule has 2 unspecified atom stereocenters. The van der Waals surface area contributed by atoms with Gasteiger partial charge in [-0.2, -0.15) is 0 Å². The van der Waals surface area contributed by atoms with Crippen LogP contribution in [-0.2, 0) is 20.7 Å². The quantitative estimate of drug-likeness (QED) is 0.817. The van der Waals surface area contributed by atoms with Crippen molar-refractivity contribution in [1.29, 1.82) is 0 Å². The number of aryl methyl sites for hydroxylation is 1. The van der Waals surface area contributed by atoms with Gasteiger partial charge in [-0.3, -0.25) is 9.59 Å². The lowest BCUT2D eigenvalue weighted by Crippen LogP contribution is -2.34. The van der Waals surface area contributed by atoms with Gasteiger partial charge in [0.15, 0.2) is 0 Å². The van der Waals surface area contributed by atoms with Crippen molar-refractivity contribution in [2.24, 2.45) is 11.8 Å². The third-order valence-corrected chi connectivity index (χ3v) is 3.29. The van der Waals surface area contributed by atoms with E-state index >= 15 is 0 Å². The van der Waals surface area contributed by atoms with Crippen molar-refractivity contribution >= 4 is 11.9 Å². The summed E-state index contributed by atoms with van der Waals surface area (Å²) in [5.74, 6) is -2.81. The van der Waals surface area contributed by atoms with Crippen LogP contribution < -0.4 is 0 Å². The fourth-order valence-electron chi connectivity index (χ4n) is 2.11. The number of rotatable bonds is 6. The maximum atomic E-state index is 12.0. The first-order chi connectivity index (χ1) is 9.70. The first-order valence-electron chi connectivity index (χ1n) is 7.20. The number of carboxylic acid groups (broad SMARTS) is 1. The molecule has 1 N–H and O–H groups in total. The van der Waals surface area contributed by atoms with Gasteiger partial charge in [-0.1, -0.05) is 37.3 Å². The van der Waals surface area contributed by atoms with Crippen molar-refractivity contribution in [3.63, 3.8) is 0 Å². The van der Waals surface area contributed by atoms with Crippen LogP contribution in [0, 0.1) is 11.8 Å². The third-order valence-electron chi connectivity index (χ3n) is 3.29. The second-order valence-corrected chi connectivity index (χ2v) is 6.29. The summed E-state index contributed by atoms with van der Waals surface area (Å²) in [5, 5.41) is 9.36. The highest BCUT2D eigenvalue weighted by molar-refractivity contribution is 5.81. The zero-order valence-corrected chi connectivity index (χ0v) is 13.1. The molecule has 0 saturated carbocycles. The molecule has 0 fully saturated rings. The number of hydrogen-bond donors (Lipinski definition) is 1. The fraction of sp³-hybridized carbons (Fsp3) is 0.529. The SMILES string of the molecule is CC(C(=O)OC(C)(C)C)C(CCc1ccccc1)C(=O)O. The molecule has 0 amide bonds. The first kappa shape index (κ1) is 17.2. The lowest BCUT2D eigenvalue weighted by molar-refractivity contribution is -0.165. The molecule has 0 aromatic heterocycles. The Hall–Kier alpha value is -1.84. The van der Waals surface area contributed by atoms with Crippen molar-refractivity contribution in [3.05, 3.63) is 35.9 Å². The number of carbonyl (C=O) groups excluding carboxylic acids is 1. The number of benzene rings is 1. The number of esters is 1. The smallest absolute Gasteiger partial charge is 0.310 e. The molecular formula is C17H24O4. The minimum atomic E-state index is -0.954. The highest BCUT2D eigenvalue weighted by Gasteiger charge is 2.32. The Morgan fingerprint density at radius 1 is 1.19 bits per heavy atom. The average molecular weight is 292 g/mol. The minimum absolute atomic E-state index is 0.416. The summed E-state index contributed by atoms with van der Waals surface area (Å²) in [6.07, 6.45) is 1.05. The Labute approximate surface area is 126 Å². The Kier molecular flexibility index (Phi) is 5.94. The van der Waals surface area contributed by atoms with Gasteiger partial charge in [0.05, 0.1) is 11.8 Å². The molecule has 0 saturated heterocycles. The van der Waals surface area contributed by atoms with E-state index in [2.05, 4.69) is 0 Å². The maximum Gasteiger partial charge on any atom is 0.310 e. The molecule has 0 heterocycles. The van der Waals surface area contributed by atoms with Crippen LogP contribution in [0.25, 0.3) is 0 Å². The van der Waals surface area contributed by atoms with Crippen LogP contribution >= 0.6 is 0 Å². The molecule has 0 bridgehead atoms. The number of carboxylic acids is 1. The molecule has 2 atom stereocenters. The molecule has 4 heteroatoms. The minimum Gasteiger partial charge on any atom is -0.481 e. The van der Waals surface area contributed by atoms with Crippen LogP contribution in [0.2, 0.25) is 0 Å². The zero-order valence-electron chi connectivity index (χ0n) is 13.1. The summed E-state index contributed by atoms with van der Waals surface area (Å²) < 4.78 is 5.28. The van der Waals surface area contributed by atoms with Gasteiger partial charge in [-0.05, 0) is 39.2 Å². The van der Waals surface area contributed by atoms with Crippen molar-refractivity contribution in [2.45, 2.75) is 46.1 Å². The first-order valence-corrected chi connectivity index (χ1v) is 7.20. The van der Waals surface area contributed by atoms with E-state index in [0.717, 1.165) is 5.56 Å². The Morgan fingerprint density at radius 3 is 2.24 bits per heavy atom. The summed E-state index contributed by atoms with van der Waals surface area (Å²) in [4.78, 5) is 23.5. The van der Waals surface area contributed by atoms with Crippen molar-refractivity contribution in [3.8, 4) is 0 Å². The summed E-state index contributed by atoms with van der Waals surface area (Å²) in [6, 6.07) is 9.67. The predicted octanol–water partition coefficient (Wildman–Crippen LogP) is 3.30. The number of ether oxygens (including phenoxy) is 1. The van der Waals surface area contributed by atoms with E-state index in [1.54, 1.807) is 27.7 Å². The van der Waals surface area contributed by atoms with E-state index in [-0.39, 0.29) is 0 Å². The third kappa shape index (κ3) is 5.98. The number of aliphatic carboxylic acids is 1. The fourth-order valence-corrected chi connectivity index (χ4v) is 2.11. The van der Waals surface area contributed by atoms with E-state index in [1.165, 1.54) is 0 Å².